The van der Waals surface area contributed by atoms with E-state index >= 15 is 0 Å². The molecule has 1 aromatic rings. The highest BCUT2D eigenvalue weighted by Gasteiger charge is 2.23. The smallest absolute Gasteiger partial charge is 0.222 e. The fourth-order valence-corrected chi connectivity index (χ4v) is 2.65. The number of hydrogen-bond acceptors (Lipinski definition) is 4. The highest BCUT2D eigenvalue weighted by Crippen LogP contribution is 2.16. The highest BCUT2D eigenvalue weighted by molar-refractivity contribution is 5.80. The Bertz CT molecular complexity index is 606. The van der Waals surface area contributed by atoms with Crippen LogP contribution in [0.5, 0.6) is 0 Å². The number of aryl methyl sites for hydroxylation is 1. The van der Waals surface area contributed by atoms with Crippen LogP contribution in [-0.4, -0.2) is 52.8 Å². The molecule has 1 atom stereocenters. The van der Waals surface area contributed by atoms with Crippen molar-refractivity contribution in [3.63, 3.8) is 0 Å². The predicted molar refractivity (Wildman–Crippen MR) is 98.6 cm³/mol. The molecule has 0 fully saturated rings. The first-order valence-corrected chi connectivity index (χ1v) is 9.09. The van der Waals surface area contributed by atoms with Crippen LogP contribution in [0, 0.1) is 5.92 Å². The number of fused-ring (bicyclic) bond motifs is 1. The fourth-order valence-electron chi connectivity index (χ4n) is 2.65. The molecular weight excluding hydrogens is 318 g/mol. The third-order valence-corrected chi connectivity index (χ3v) is 4.20. The second-order valence-electron chi connectivity index (χ2n) is 7.05. The van der Waals surface area contributed by atoms with Crippen molar-refractivity contribution in [2.45, 2.75) is 59.0 Å². The minimum Gasteiger partial charge on any atom is -0.355 e. The summed E-state index contributed by atoms with van der Waals surface area (Å²) in [6.45, 7) is 10.00. The van der Waals surface area contributed by atoms with E-state index in [0.29, 0.717) is 19.0 Å². The van der Waals surface area contributed by atoms with E-state index in [1.54, 1.807) is 7.05 Å². The second kappa shape index (κ2) is 8.82. The number of rotatable bonds is 6. The number of carbonyl (C=O) groups excluding carboxylic acids is 1. The van der Waals surface area contributed by atoms with Crippen LogP contribution in [0.15, 0.2) is 4.99 Å². The van der Waals surface area contributed by atoms with Gasteiger partial charge in [-0.2, -0.15) is 5.10 Å². The summed E-state index contributed by atoms with van der Waals surface area (Å²) in [6.07, 6.45) is 1.92. The third-order valence-electron chi connectivity index (χ3n) is 4.20. The summed E-state index contributed by atoms with van der Waals surface area (Å²) in [5, 5.41) is 14.2. The lowest BCUT2D eigenvalue weighted by Crippen LogP contribution is -2.48. The average Bonchev–Trinajstić information content (AvgIpc) is 3.00. The lowest BCUT2D eigenvalue weighted by molar-refractivity contribution is -0.123. The van der Waals surface area contributed by atoms with E-state index in [-0.39, 0.29) is 17.9 Å². The Hall–Kier alpha value is -2.12. The zero-order valence-electron chi connectivity index (χ0n) is 16.0. The summed E-state index contributed by atoms with van der Waals surface area (Å²) < 4.78 is 2.01. The Kier molecular flexibility index (Phi) is 6.78. The normalized spacial score (nSPS) is 17.6. The van der Waals surface area contributed by atoms with E-state index in [4.69, 9.17) is 0 Å². The van der Waals surface area contributed by atoms with Gasteiger partial charge in [-0.05, 0) is 6.42 Å². The van der Waals surface area contributed by atoms with E-state index in [1.165, 1.54) is 0 Å². The van der Waals surface area contributed by atoms with Gasteiger partial charge in [0.15, 0.2) is 11.8 Å². The molecule has 0 saturated heterocycles. The largest absolute Gasteiger partial charge is 0.355 e. The summed E-state index contributed by atoms with van der Waals surface area (Å²) in [5.41, 5.74) is 0. The Labute approximate surface area is 149 Å². The number of nitrogens with zero attached hydrogens (tertiary/aromatic N) is 4. The van der Waals surface area contributed by atoms with Gasteiger partial charge in [0.2, 0.25) is 5.91 Å². The summed E-state index contributed by atoms with van der Waals surface area (Å²) in [4.78, 5) is 20.4. The van der Waals surface area contributed by atoms with Gasteiger partial charge in [0.05, 0.1) is 6.54 Å². The van der Waals surface area contributed by atoms with Crippen LogP contribution in [0.4, 0.5) is 0 Å². The molecule has 25 heavy (non-hydrogen) atoms. The number of guanidine groups is 1. The van der Waals surface area contributed by atoms with Gasteiger partial charge >= 0.3 is 0 Å². The molecular formula is C17H31N7O. The molecule has 0 aromatic carbocycles. The Morgan fingerprint density at radius 3 is 2.64 bits per heavy atom. The second-order valence-corrected chi connectivity index (χ2v) is 7.05. The Morgan fingerprint density at radius 2 is 2.00 bits per heavy atom. The van der Waals surface area contributed by atoms with Gasteiger partial charge in [-0.25, -0.2) is 9.67 Å². The van der Waals surface area contributed by atoms with Crippen molar-refractivity contribution in [2.75, 3.05) is 20.1 Å². The van der Waals surface area contributed by atoms with Crippen molar-refractivity contribution >= 4 is 11.9 Å². The van der Waals surface area contributed by atoms with E-state index in [1.807, 2.05) is 18.5 Å². The number of aromatic nitrogens is 3. The van der Waals surface area contributed by atoms with Gasteiger partial charge in [-0.15, -0.1) is 0 Å². The summed E-state index contributed by atoms with van der Waals surface area (Å²) in [6, 6.07) is 0.269. The van der Waals surface area contributed by atoms with E-state index in [2.05, 4.69) is 44.9 Å². The van der Waals surface area contributed by atoms with Gasteiger partial charge in [0.1, 0.15) is 5.82 Å². The lowest BCUT2D eigenvalue weighted by Gasteiger charge is -2.25. The van der Waals surface area contributed by atoms with E-state index in [9.17, 15) is 4.79 Å². The Morgan fingerprint density at radius 1 is 1.28 bits per heavy atom. The molecule has 1 amide bonds. The average molecular weight is 349 g/mol. The van der Waals surface area contributed by atoms with Gasteiger partial charge in [0.25, 0.3) is 0 Å². The van der Waals surface area contributed by atoms with Crippen LogP contribution in [0.25, 0.3) is 0 Å². The van der Waals surface area contributed by atoms with Crippen molar-refractivity contribution < 1.29 is 4.79 Å². The summed E-state index contributed by atoms with van der Waals surface area (Å²) in [7, 11) is 1.75. The molecule has 8 heteroatoms. The van der Waals surface area contributed by atoms with Crippen molar-refractivity contribution in [1.29, 1.82) is 0 Å². The molecule has 2 heterocycles. The quantitative estimate of drug-likeness (QED) is 0.398. The lowest BCUT2D eigenvalue weighted by atomic mass is 10.1. The molecule has 1 aliphatic rings. The SMILES string of the molecule is CN=C(NCCNC(=O)C(C)C)NC1CCc2nc(C(C)C)nn2C1. The van der Waals surface area contributed by atoms with Crippen molar-refractivity contribution in [2.24, 2.45) is 10.9 Å². The van der Waals surface area contributed by atoms with Crippen molar-refractivity contribution in [3.05, 3.63) is 11.6 Å². The molecule has 0 aliphatic carbocycles. The van der Waals surface area contributed by atoms with Crippen LogP contribution in [0.3, 0.4) is 0 Å². The van der Waals surface area contributed by atoms with Crippen LogP contribution < -0.4 is 16.0 Å². The molecule has 1 unspecified atom stereocenters. The maximum Gasteiger partial charge on any atom is 0.222 e. The van der Waals surface area contributed by atoms with Gasteiger partial charge < -0.3 is 16.0 Å². The van der Waals surface area contributed by atoms with Crippen LogP contribution >= 0.6 is 0 Å². The molecule has 1 aromatic heterocycles. The number of aliphatic imine (C=N–C) groups is 1. The minimum absolute atomic E-state index is 0.00674. The first-order chi connectivity index (χ1) is 11.9. The third kappa shape index (κ3) is 5.44. The zero-order valence-corrected chi connectivity index (χ0v) is 16.0. The minimum atomic E-state index is 0.00674. The maximum atomic E-state index is 11.5. The van der Waals surface area contributed by atoms with E-state index in [0.717, 1.165) is 37.0 Å². The molecule has 8 nitrogen and oxygen atoms in total. The van der Waals surface area contributed by atoms with Crippen LogP contribution in [0.2, 0.25) is 0 Å². The summed E-state index contributed by atoms with van der Waals surface area (Å²) in [5.74, 6) is 3.15. The highest BCUT2D eigenvalue weighted by atomic mass is 16.1. The van der Waals surface area contributed by atoms with Gasteiger partial charge in [-0.3, -0.25) is 9.79 Å². The molecule has 140 valence electrons. The number of carbonyl (C=O) groups is 1. The first-order valence-electron chi connectivity index (χ1n) is 9.09. The monoisotopic (exact) mass is 349 g/mol. The Balaban J connectivity index is 1.79. The molecule has 3 N–H and O–H groups in total. The molecule has 0 bridgehead atoms. The molecule has 0 radical (unpaired) electrons. The van der Waals surface area contributed by atoms with Crippen LogP contribution in [-0.2, 0) is 17.8 Å². The topological polar surface area (TPSA) is 96.2 Å². The summed E-state index contributed by atoms with van der Waals surface area (Å²) >= 11 is 0. The maximum absolute atomic E-state index is 11.5. The van der Waals surface area contributed by atoms with Crippen molar-refractivity contribution in [3.8, 4) is 0 Å². The standard InChI is InChI=1S/C17H31N7O/c1-11(2)15-22-14-7-6-13(10-24(14)23-15)21-17(18-5)20-9-8-19-16(25)12(3)4/h11-13H,6-10H2,1-5H3,(H,19,25)(H2,18,20,21). The zero-order chi connectivity index (χ0) is 18.4. The molecule has 0 spiro atoms. The number of amides is 1. The van der Waals surface area contributed by atoms with Gasteiger partial charge in [-0.1, -0.05) is 27.7 Å². The van der Waals surface area contributed by atoms with Crippen molar-refractivity contribution in [1.82, 2.24) is 30.7 Å². The predicted octanol–water partition coefficient (Wildman–Crippen LogP) is 0.654. The molecule has 2 rings (SSSR count). The van der Waals surface area contributed by atoms with Gasteiger partial charge in [0, 0.05) is 44.4 Å². The molecule has 0 saturated carbocycles. The van der Waals surface area contributed by atoms with Crippen LogP contribution in [0.1, 0.15) is 51.7 Å². The molecule has 1 aliphatic heterocycles. The number of nitrogens with one attached hydrogen (secondary N) is 3. The fraction of sp³-hybridized carbons (Fsp3) is 0.765. The first kappa shape index (κ1) is 19.2. The van der Waals surface area contributed by atoms with E-state index < -0.39 is 0 Å². The number of hydrogen-bond donors (Lipinski definition) is 3.